The van der Waals surface area contributed by atoms with Crippen LogP contribution in [0.5, 0.6) is 5.88 Å². The van der Waals surface area contributed by atoms with Crippen molar-refractivity contribution in [1.82, 2.24) is 20.2 Å². The molecule has 10 nitrogen and oxygen atoms in total. The van der Waals surface area contributed by atoms with E-state index in [2.05, 4.69) is 15.6 Å². The zero-order chi connectivity index (χ0) is 26.0. The van der Waals surface area contributed by atoms with Crippen molar-refractivity contribution in [2.75, 3.05) is 49.6 Å². The average Bonchev–Trinajstić information content (AvgIpc) is 2.93. The molecule has 36 heavy (non-hydrogen) atoms. The molecule has 2 aliphatic rings. The Morgan fingerprint density at radius 3 is 2.72 bits per heavy atom. The number of rotatable bonds is 5. The molecule has 1 fully saturated rings. The van der Waals surface area contributed by atoms with Gasteiger partial charge in [0.15, 0.2) is 0 Å². The molecule has 0 saturated carbocycles. The van der Waals surface area contributed by atoms with E-state index in [-0.39, 0.29) is 34.8 Å². The molecule has 11 heteroatoms. The summed E-state index contributed by atoms with van der Waals surface area (Å²) in [4.78, 5) is 38.6. The lowest BCUT2D eigenvalue weighted by molar-refractivity contribution is 0.0541. The molecule has 0 unspecified atom stereocenters. The molecule has 2 aromatic rings. The maximum absolute atomic E-state index is 15.1. The molecule has 1 aromatic heterocycles. The fourth-order valence-corrected chi connectivity index (χ4v) is 4.39. The molecule has 0 bridgehead atoms. The highest BCUT2D eigenvalue weighted by Gasteiger charge is 2.38. The van der Waals surface area contributed by atoms with Crippen LogP contribution in [0, 0.1) is 5.82 Å². The highest BCUT2D eigenvalue weighted by atomic mass is 19.1. The van der Waals surface area contributed by atoms with Crippen molar-refractivity contribution in [3.05, 3.63) is 29.6 Å². The minimum atomic E-state index is -0.692. The normalized spacial score (nSPS) is 19.3. The number of urea groups is 1. The van der Waals surface area contributed by atoms with Crippen LogP contribution in [0.2, 0.25) is 0 Å². The van der Waals surface area contributed by atoms with Crippen molar-refractivity contribution >= 4 is 23.6 Å². The summed E-state index contributed by atoms with van der Waals surface area (Å²) in [6.45, 7) is 12.3. The zero-order valence-electron chi connectivity index (χ0n) is 21.4. The lowest BCUT2D eigenvalue weighted by Crippen LogP contribution is -2.44. The van der Waals surface area contributed by atoms with E-state index in [9.17, 15) is 9.59 Å². The molecule has 2 N–H and O–H groups in total. The first kappa shape index (κ1) is 25.6. The van der Waals surface area contributed by atoms with Gasteiger partial charge in [0.25, 0.3) is 5.91 Å². The number of aromatic nitrogens is 2. The van der Waals surface area contributed by atoms with Gasteiger partial charge >= 0.3 is 6.03 Å². The molecule has 3 amide bonds. The SMILES string of the molecule is CCNC(=O)Nc1ccc(-c2nc(N3CCOC[C@@H]3C)nc3c2C(=O)N(CC)CC(C)(C)O3)cc1F. The monoisotopic (exact) mass is 500 g/mol. The quantitative estimate of drug-likeness (QED) is 0.649. The lowest BCUT2D eigenvalue weighted by atomic mass is 10.0. The van der Waals surface area contributed by atoms with E-state index in [0.717, 1.165) is 0 Å². The van der Waals surface area contributed by atoms with E-state index >= 15 is 4.39 Å². The van der Waals surface area contributed by atoms with Crippen molar-refractivity contribution in [2.24, 2.45) is 0 Å². The Morgan fingerprint density at radius 2 is 2.06 bits per heavy atom. The molecule has 0 aliphatic carbocycles. The first-order chi connectivity index (χ1) is 17.1. The van der Waals surface area contributed by atoms with E-state index in [1.54, 1.807) is 17.9 Å². The number of carbonyl (C=O) groups is 2. The van der Waals surface area contributed by atoms with Crippen molar-refractivity contribution in [3.8, 4) is 17.1 Å². The van der Waals surface area contributed by atoms with Crippen LogP contribution in [-0.2, 0) is 4.74 Å². The number of nitrogens with zero attached hydrogens (tertiary/aromatic N) is 4. The van der Waals surface area contributed by atoms with Crippen LogP contribution in [0.3, 0.4) is 0 Å². The van der Waals surface area contributed by atoms with Crippen molar-refractivity contribution in [2.45, 2.75) is 46.3 Å². The molecular formula is C25H33FN6O4. The third kappa shape index (κ3) is 5.20. The summed E-state index contributed by atoms with van der Waals surface area (Å²) >= 11 is 0. The van der Waals surface area contributed by atoms with Crippen molar-refractivity contribution < 1.29 is 23.5 Å². The van der Waals surface area contributed by atoms with E-state index in [0.29, 0.717) is 50.9 Å². The number of ether oxygens (including phenoxy) is 2. The number of carbonyl (C=O) groups excluding carboxylic acids is 2. The molecule has 0 spiro atoms. The maximum atomic E-state index is 15.1. The van der Waals surface area contributed by atoms with Gasteiger partial charge in [-0.1, -0.05) is 6.07 Å². The van der Waals surface area contributed by atoms with Crippen LogP contribution < -0.4 is 20.3 Å². The summed E-state index contributed by atoms with van der Waals surface area (Å²) in [5.41, 5.74) is 0.171. The number of benzene rings is 1. The van der Waals surface area contributed by atoms with Gasteiger partial charge in [-0.2, -0.15) is 4.98 Å². The summed E-state index contributed by atoms with van der Waals surface area (Å²) in [5.74, 6) is -0.371. The molecule has 194 valence electrons. The van der Waals surface area contributed by atoms with Gasteiger partial charge in [-0.15, -0.1) is 0 Å². The molecule has 4 rings (SSSR count). The van der Waals surface area contributed by atoms with Crippen LogP contribution in [0.25, 0.3) is 11.3 Å². The van der Waals surface area contributed by atoms with E-state index in [1.807, 2.05) is 32.6 Å². The van der Waals surface area contributed by atoms with E-state index in [4.69, 9.17) is 14.5 Å². The van der Waals surface area contributed by atoms with Crippen LogP contribution in [-0.4, -0.2) is 77.8 Å². The summed E-state index contributed by atoms with van der Waals surface area (Å²) in [5, 5.41) is 5.06. The van der Waals surface area contributed by atoms with Crippen LogP contribution in [0.15, 0.2) is 18.2 Å². The number of likely N-dealkylation sites (N-methyl/N-ethyl adjacent to an activating group) is 1. The fraction of sp³-hybridized carbons (Fsp3) is 0.520. The zero-order valence-corrected chi connectivity index (χ0v) is 21.4. The van der Waals surface area contributed by atoms with Crippen molar-refractivity contribution in [1.29, 1.82) is 0 Å². The molecule has 1 atom stereocenters. The predicted molar refractivity (Wildman–Crippen MR) is 134 cm³/mol. The van der Waals surface area contributed by atoms with Crippen molar-refractivity contribution in [3.63, 3.8) is 0 Å². The van der Waals surface area contributed by atoms with Gasteiger partial charge in [-0.05, 0) is 46.8 Å². The molecule has 1 aromatic carbocycles. The van der Waals surface area contributed by atoms with Gasteiger partial charge in [0.2, 0.25) is 11.8 Å². The number of hydrogen-bond donors (Lipinski definition) is 2. The molecule has 1 saturated heterocycles. The lowest BCUT2D eigenvalue weighted by Gasteiger charge is -2.34. The van der Waals surface area contributed by atoms with Gasteiger partial charge in [0, 0.05) is 25.2 Å². The summed E-state index contributed by atoms with van der Waals surface area (Å²) < 4.78 is 26.9. The van der Waals surface area contributed by atoms with Gasteiger partial charge in [0.1, 0.15) is 17.0 Å². The minimum Gasteiger partial charge on any atom is -0.469 e. The maximum Gasteiger partial charge on any atom is 0.319 e. The summed E-state index contributed by atoms with van der Waals surface area (Å²) in [6, 6.07) is 3.84. The number of fused-ring (bicyclic) bond motifs is 1. The van der Waals surface area contributed by atoms with E-state index < -0.39 is 17.4 Å². The van der Waals surface area contributed by atoms with Gasteiger partial charge in [-0.25, -0.2) is 14.2 Å². The Morgan fingerprint density at radius 1 is 1.28 bits per heavy atom. The standard InChI is InChI=1S/C25H33FN6O4/c1-6-27-24(34)28-18-9-8-16(12-17(18)26)20-19-21(36-25(4,5)14-31(7-2)22(19)33)30-23(29-20)32-10-11-35-13-15(32)3/h8-9,12,15H,6-7,10-11,13-14H2,1-5H3,(H2,27,28,34)/t15-/m0/s1. The smallest absolute Gasteiger partial charge is 0.319 e. The molecular weight excluding hydrogens is 467 g/mol. The highest BCUT2D eigenvalue weighted by molar-refractivity contribution is 6.03. The first-order valence-electron chi connectivity index (χ1n) is 12.2. The third-order valence-corrected chi connectivity index (χ3v) is 6.14. The Bertz CT molecular complexity index is 1160. The Labute approximate surface area is 210 Å². The highest BCUT2D eigenvalue weighted by Crippen LogP contribution is 2.37. The average molecular weight is 501 g/mol. The summed E-state index contributed by atoms with van der Waals surface area (Å²) in [7, 11) is 0. The Balaban J connectivity index is 1.86. The van der Waals surface area contributed by atoms with Gasteiger partial charge < -0.3 is 29.9 Å². The van der Waals surface area contributed by atoms with Crippen LogP contribution >= 0.6 is 0 Å². The second kappa shape index (κ2) is 10.3. The number of amides is 3. The number of morpholine rings is 1. The third-order valence-electron chi connectivity index (χ3n) is 6.14. The summed E-state index contributed by atoms with van der Waals surface area (Å²) in [6.07, 6.45) is 0. The topological polar surface area (TPSA) is 109 Å². The van der Waals surface area contributed by atoms with Crippen LogP contribution in [0.4, 0.5) is 20.8 Å². The minimum absolute atomic E-state index is 0.00618. The Hall–Kier alpha value is -3.47. The number of hydrogen-bond acceptors (Lipinski definition) is 7. The second-order valence-corrected chi connectivity index (χ2v) is 9.53. The number of nitrogens with one attached hydrogen (secondary N) is 2. The number of anilines is 2. The first-order valence-corrected chi connectivity index (χ1v) is 12.2. The van der Waals surface area contributed by atoms with Crippen LogP contribution in [0.1, 0.15) is 45.0 Å². The Kier molecular flexibility index (Phi) is 7.30. The largest absolute Gasteiger partial charge is 0.469 e. The fourth-order valence-electron chi connectivity index (χ4n) is 4.39. The second-order valence-electron chi connectivity index (χ2n) is 9.53. The molecule has 3 heterocycles. The molecule has 0 radical (unpaired) electrons. The van der Waals surface area contributed by atoms with Gasteiger partial charge in [-0.3, -0.25) is 4.79 Å². The van der Waals surface area contributed by atoms with Gasteiger partial charge in [0.05, 0.1) is 37.2 Å². The molecule has 2 aliphatic heterocycles. The number of halogens is 1. The van der Waals surface area contributed by atoms with E-state index in [1.165, 1.54) is 12.1 Å². The predicted octanol–water partition coefficient (Wildman–Crippen LogP) is 3.28.